The topological polar surface area (TPSA) is 89.9 Å². The van der Waals surface area contributed by atoms with Crippen LogP contribution in [-0.4, -0.2) is 30.2 Å². The van der Waals surface area contributed by atoms with E-state index in [1.165, 1.54) is 0 Å². The summed E-state index contributed by atoms with van der Waals surface area (Å²) in [5.74, 6) is 5.00. The minimum atomic E-state index is -1.13. The van der Waals surface area contributed by atoms with Crippen LogP contribution >= 0.6 is 12.4 Å². The maximum Gasteiger partial charge on any atom is 0.209 e. The fraction of sp³-hybridized carbons (Fsp3) is 0.381. The third kappa shape index (κ3) is 3.95. The molecule has 1 aromatic carbocycles. The summed E-state index contributed by atoms with van der Waals surface area (Å²) in [6.45, 7) is 3.69. The summed E-state index contributed by atoms with van der Waals surface area (Å²) in [6, 6.07) is 3.33. The Balaban J connectivity index is 0.00000256. The Labute approximate surface area is 179 Å². The van der Waals surface area contributed by atoms with E-state index in [1.54, 1.807) is 4.57 Å². The molecule has 4 rings (SSSR count). The molecule has 0 unspecified atom stereocenters. The normalized spacial score (nSPS) is 13.6. The zero-order valence-electron chi connectivity index (χ0n) is 16.6. The molecule has 1 fully saturated rings. The van der Waals surface area contributed by atoms with Gasteiger partial charge >= 0.3 is 0 Å². The van der Waals surface area contributed by atoms with Gasteiger partial charge in [-0.05, 0) is 49.8 Å². The Morgan fingerprint density at radius 3 is 2.53 bits per heavy atom. The van der Waals surface area contributed by atoms with E-state index in [0.29, 0.717) is 24.0 Å². The first kappa shape index (κ1) is 21.9. The van der Waals surface area contributed by atoms with Crippen molar-refractivity contribution in [3.63, 3.8) is 0 Å². The zero-order valence-corrected chi connectivity index (χ0v) is 17.4. The van der Waals surface area contributed by atoms with Crippen LogP contribution in [0, 0.1) is 23.5 Å². The number of imidazole rings is 1. The number of aromatic nitrogens is 4. The van der Waals surface area contributed by atoms with Crippen LogP contribution in [0.5, 0.6) is 0 Å². The van der Waals surface area contributed by atoms with E-state index in [-0.39, 0.29) is 41.5 Å². The Bertz CT molecular complexity index is 1160. The Hall–Kier alpha value is -2.76. The van der Waals surface area contributed by atoms with E-state index < -0.39 is 17.2 Å². The van der Waals surface area contributed by atoms with E-state index in [4.69, 9.17) is 5.73 Å². The van der Waals surface area contributed by atoms with E-state index in [0.717, 1.165) is 31.0 Å². The lowest BCUT2D eigenvalue weighted by atomic mass is 9.98. The second-order valence-corrected chi connectivity index (χ2v) is 7.25. The van der Waals surface area contributed by atoms with Crippen molar-refractivity contribution in [2.45, 2.75) is 51.2 Å². The summed E-state index contributed by atoms with van der Waals surface area (Å²) < 4.78 is 30.0. The molecule has 0 aliphatic heterocycles. The number of hydrogen-bond acceptors (Lipinski definition) is 5. The summed E-state index contributed by atoms with van der Waals surface area (Å²) >= 11 is 0. The van der Waals surface area contributed by atoms with Gasteiger partial charge < -0.3 is 15.4 Å². The molecule has 1 saturated carbocycles. The number of nitrogens with zero attached hydrogens (tertiary/aromatic N) is 4. The van der Waals surface area contributed by atoms with Gasteiger partial charge in [-0.15, -0.1) is 12.4 Å². The third-order valence-electron chi connectivity index (χ3n) is 5.22. The molecule has 0 saturated heterocycles. The molecule has 0 atom stereocenters. The van der Waals surface area contributed by atoms with Gasteiger partial charge in [0.25, 0.3) is 0 Å². The van der Waals surface area contributed by atoms with E-state index in [9.17, 15) is 13.9 Å². The van der Waals surface area contributed by atoms with Crippen molar-refractivity contribution < 1.29 is 13.9 Å². The van der Waals surface area contributed by atoms with Gasteiger partial charge in [-0.3, -0.25) is 0 Å². The first-order chi connectivity index (χ1) is 13.8. The lowest BCUT2D eigenvalue weighted by Gasteiger charge is -2.16. The van der Waals surface area contributed by atoms with Crippen LogP contribution in [0.4, 0.5) is 14.6 Å². The lowest BCUT2D eigenvalue weighted by molar-refractivity contribution is 0.0931. The van der Waals surface area contributed by atoms with Gasteiger partial charge in [0, 0.05) is 6.04 Å². The monoisotopic (exact) mass is 433 g/mol. The Morgan fingerprint density at radius 1 is 1.20 bits per heavy atom. The second-order valence-electron chi connectivity index (χ2n) is 7.25. The first-order valence-corrected chi connectivity index (χ1v) is 9.61. The van der Waals surface area contributed by atoms with Crippen molar-refractivity contribution in [2.24, 2.45) is 0 Å². The highest BCUT2D eigenvalue weighted by atomic mass is 35.5. The molecule has 9 heteroatoms. The minimum Gasteiger partial charge on any atom is -0.382 e. The maximum atomic E-state index is 14.4. The fourth-order valence-electron chi connectivity index (χ4n) is 3.19. The predicted octanol–water partition coefficient (Wildman–Crippen LogP) is 4.01. The molecule has 2 heterocycles. The lowest BCUT2D eigenvalue weighted by Crippen LogP contribution is -2.23. The van der Waals surface area contributed by atoms with Crippen molar-refractivity contribution in [3.05, 3.63) is 35.7 Å². The highest BCUT2D eigenvalue weighted by Crippen LogP contribution is 2.41. The Kier molecular flexibility index (Phi) is 5.97. The summed E-state index contributed by atoms with van der Waals surface area (Å²) in [5.41, 5.74) is 5.76. The number of aliphatic hydroxyl groups is 1. The molecular weight excluding hydrogens is 412 g/mol. The molecule has 158 valence electrons. The summed E-state index contributed by atoms with van der Waals surface area (Å²) in [4.78, 5) is 13.1. The van der Waals surface area contributed by atoms with Crippen molar-refractivity contribution in [1.82, 2.24) is 19.5 Å². The van der Waals surface area contributed by atoms with E-state index in [2.05, 4.69) is 26.8 Å². The quantitative estimate of drug-likeness (QED) is 0.607. The van der Waals surface area contributed by atoms with Gasteiger partial charge in [0.15, 0.2) is 17.0 Å². The van der Waals surface area contributed by atoms with Crippen molar-refractivity contribution >= 4 is 29.4 Å². The number of hydrogen-bond donors (Lipinski definition) is 2. The number of anilines is 1. The molecule has 0 bridgehead atoms. The largest absolute Gasteiger partial charge is 0.382 e. The second kappa shape index (κ2) is 8.17. The molecule has 0 amide bonds. The number of rotatable bonds is 4. The highest BCUT2D eigenvalue weighted by molar-refractivity contribution is 5.86. The van der Waals surface area contributed by atoms with Gasteiger partial charge in [-0.1, -0.05) is 19.8 Å². The molecule has 6 nitrogen and oxygen atoms in total. The number of benzene rings is 1. The van der Waals surface area contributed by atoms with Gasteiger partial charge in [0.2, 0.25) is 5.82 Å². The zero-order chi connectivity index (χ0) is 20.8. The molecule has 3 aromatic rings. The van der Waals surface area contributed by atoms with Gasteiger partial charge in [-0.2, -0.15) is 0 Å². The highest BCUT2D eigenvalue weighted by Gasteiger charge is 2.31. The third-order valence-corrected chi connectivity index (χ3v) is 5.22. The van der Waals surface area contributed by atoms with Crippen LogP contribution in [0.15, 0.2) is 18.2 Å². The molecule has 0 spiro atoms. The molecule has 1 aliphatic rings. The van der Waals surface area contributed by atoms with Crippen LogP contribution in [0.2, 0.25) is 0 Å². The number of halogens is 3. The number of nitrogen functional groups attached to an aromatic ring is 1. The van der Waals surface area contributed by atoms with Gasteiger partial charge in [-0.25, -0.2) is 23.7 Å². The van der Waals surface area contributed by atoms with Gasteiger partial charge in [0.1, 0.15) is 23.1 Å². The van der Waals surface area contributed by atoms with Crippen molar-refractivity contribution in [2.75, 3.05) is 5.73 Å². The maximum absolute atomic E-state index is 14.4. The molecule has 30 heavy (non-hydrogen) atoms. The molecule has 2 aromatic heterocycles. The standard InChI is InChI=1S/C21H21F2N5O.ClH/c1-3-21(29,4-2)10-9-16-25-18(24)17-20(26-16)28(13-6-7-13)19(27-17)14-11-12(22)5-8-15(14)23;/h5,8,11,13,29H,3-4,6-7H2,1-2H3,(H2,24,25,26);1H. The number of nitrogens with two attached hydrogens (primary N) is 1. The van der Waals surface area contributed by atoms with E-state index >= 15 is 0 Å². The molecule has 1 aliphatic carbocycles. The van der Waals surface area contributed by atoms with Crippen LogP contribution in [0.3, 0.4) is 0 Å². The van der Waals surface area contributed by atoms with Crippen molar-refractivity contribution in [3.8, 4) is 23.2 Å². The summed E-state index contributed by atoms with van der Waals surface area (Å²) in [5, 5.41) is 10.4. The summed E-state index contributed by atoms with van der Waals surface area (Å²) in [7, 11) is 0. The van der Waals surface area contributed by atoms with Crippen LogP contribution in [0.1, 0.15) is 51.4 Å². The predicted molar refractivity (Wildman–Crippen MR) is 113 cm³/mol. The minimum absolute atomic E-state index is 0. The SMILES string of the molecule is CCC(O)(C#Cc1nc(N)c2nc(-c3cc(F)ccc3F)n(C3CC3)c2n1)CC.Cl. The van der Waals surface area contributed by atoms with Crippen LogP contribution in [0.25, 0.3) is 22.6 Å². The van der Waals surface area contributed by atoms with Crippen LogP contribution < -0.4 is 5.73 Å². The Morgan fingerprint density at radius 2 is 1.90 bits per heavy atom. The first-order valence-electron chi connectivity index (χ1n) is 9.61. The van der Waals surface area contributed by atoms with Crippen molar-refractivity contribution in [1.29, 1.82) is 0 Å². The fourth-order valence-corrected chi connectivity index (χ4v) is 3.19. The van der Waals surface area contributed by atoms with Crippen LogP contribution in [-0.2, 0) is 0 Å². The molecule has 0 radical (unpaired) electrons. The van der Waals surface area contributed by atoms with E-state index in [1.807, 2.05) is 13.8 Å². The molecule has 3 N–H and O–H groups in total. The average Bonchev–Trinajstić information content (AvgIpc) is 3.48. The molecular formula is C21H22ClF2N5O. The summed E-state index contributed by atoms with van der Waals surface area (Å²) in [6.07, 6.45) is 2.70. The average molecular weight is 434 g/mol. The van der Waals surface area contributed by atoms with Gasteiger partial charge in [0.05, 0.1) is 5.56 Å². The number of fused-ring (bicyclic) bond motifs is 1. The smallest absolute Gasteiger partial charge is 0.209 e.